The van der Waals surface area contributed by atoms with Gasteiger partial charge in [0.05, 0.1) is 11.8 Å². The van der Waals surface area contributed by atoms with E-state index in [4.69, 9.17) is 11.5 Å². The van der Waals surface area contributed by atoms with E-state index >= 15 is 0 Å². The second-order valence-corrected chi connectivity index (χ2v) is 6.11. The molecule has 100 valence electrons. The molecule has 2 aliphatic carbocycles. The predicted molar refractivity (Wildman–Crippen MR) is 66.2 cm³/mol. The Labute approximate surface area is 107 Å². The number of carbonyl (C=O) groups excluding carboxylic acids is 2. The van der Waals surface area contributed by atoms with Gasteiger partial charge in [-0.2, -0.15) is 0 Å². The maximum Gasteiger partial charge on any atom is 0.227 e. The molecule has 2 amide bonds. The summed E-state index contributed by atoms with van der Waals surface area (Å²) in [5.41, 5.74) is 11.5. The van der Waals surface area contributed by atoms with Crippen LogP contribution in [0.4, 0.5) is 0 Å². The van der Waals surface area contributed by atoms with E-state index in [1.807, 2.05) is 0 Å². The van der Waals surface area contributed by atoms with Gasteiger partial charge in [-0.1, -0.05) is 0 Å². The third-order valence-corrected chi connectivity index (χ3v) is 5.17. The molecule has 1 saturated heterocycles. The lowest BCUT2D eigenvalue weighted by molar-refractivity contribution is -0.136. The van der Waals surface area contributed by atoms with Gasteiger partial charge in [0.2, 0.25) is 11.8 Å². The lowest BCUT2D eigenvalue weighted by atomic mass is 9.84. The van der Waals surface area contributed by atoms with Crippen molar-refractivity contribution in [1.82, 2.24) is 4.90 Å². The molecular weight excluding hydrogens is 230 g/mol. The Bertz CT molecular complexity index is 382. The highest BCUT2D eigenvalue weighted by molar-refractivity contribution is 5.83. The van der Waals surface area contributed by atoms with Crippen LogP contribution in [0.5, 0.6) is 0 Å². The van der Waals surface area contributed by atoms with E-state index in [0.717, 1.165) is 12.8 Å². The zero-order valence-electron chi connectivity index (χ0n) is 10.5. The van der Waals surface area contributed by atoms with Crippen molar-refractivity contribution in [3.63, 3.8) is 0 Å². The lowest BCUT2D eigenvalue weighted by Crippen LogP contribution is -2.46. The maximum absolute atomic E-state index is 12.5. The standard InChI is InChI=1S/C13H21N3O2/c14-11-8-2-1-7(5-8)10(11)13(18)16-4-3-9(6-16)12(15)17/h7-11H,1-6,14H2,(H2,15,17). The molecule has 18 heavy (non-hydrogen) atoms. The number of hydrogen-bond donors (Lipinski definition) is 2. The van der Waals surface area contributed by atoms with Crippen molar-refractivity contribution in [1.29, 1.82) is 0 Å². The number of rotatable bonds is 2. The summed E-state index contributed by atoms with van der Waals surface area (Å²) in [7, 11) is 0. The lowest BCUT2D eigenvalue weighted by Gasteiger charge is -2.30. The van der Waals surface area contributed by atoms with E-state index in [2.05, 4.69) is 0 Å². The number of hydrogen-bond acceptors (Lipinski definition) is 3. The molecule has 5 nitrogen and oxygen atoms in total. The molecule has 2 saturated carbocycles. The summed E-state index contributed by atoms with van der Waals surface area (Å²) in [4.78, 5) is 25.5. The van der Waals surface area contributed by atoms with Crippen LogP contribution < -0.4 is 11.5 Å². The molecule has 5 atom stereocenters. The van der Waals surface area contributed by atoms with E-state index in [0.29, 0.717) is 31.3 Å². The number of nitrogens with zero attached hydrogens (tertiary/aromatic N) is 1. The Balaban J connectivity index is 1.67. The number of carbonyl (C=O) groups is 2. The van der Waals surface area contributed by atoms with Crippen molar-refractivity contribution in [2.75, 3.05) is 13.1 Å². The van der Waals surface area contributed by atoms with Crippen LogP contribution in [0.15, 0.2) is 0 Å². The average molecular weight is 251 g/mol. The fraction of sp³-hybridized carbons (Fsp3) is 0.846. The molecule has 0 spiro atoms. The molecule has 5 unspecified atom stereocenters. The van der Waals surface area contributed by atoms with Crippen LogP contribution in [0.1, 0.15) is 25.7 Å². The number of amides is 2. The average Bonchev–Trinajstić information content (AvgIpc) is 3.03. The fourth-order valence-corrected chi connectivity index (χ4v) is 4.11. The molecule has 1 aliphatic heterocycles. The van der Waals surface area contributed by atoms with Crippen molar-refractivity contribution in [2.24, 2.45) is 35.1 Å². The molecule has 2 bridgehead atoms. The first-order valence-corrected chi connectivity index (χ1v) is 6.91. The Morgan fingerprint density at radius 2 is 1.83 bits per heavy atom. The molecule has 5 heteroatoms. The predicted octanol–water partition coefficient (Wildman–Crippen LogP) is -0.306. The fourth-order valence-electron chi connectivity index (χ4n) is 4.11. The van der Waals surface area contributed by atoms with E-state index in [9.17, 15) is 9.59 Å². The molecule has 0 aromatic carbocycles. The van der Waals surface area contributed by atoms with Gasteiger partial charge in [-0.25, -0.2) is 0 Å². The van der Waals surface area contributed by atoms with Crippen LogP contribution in [-0.2, 0) is 9.59 Å². The minimum atomic E-state index is -0.289. The van der Waals surface area contributed by atoms with Gasteiger partial charge in [0, 0.05) is 19.1 Å². The van der Waals surface area contributed by atoms with E-state index < -0.39 is 0 Å². The van der Waals surface area contributed by atoms with Crippen molar-refractivity contribution in [2.45, 2.75) is 31.7 Å². The zero-order chi connectivity index (χ0) is 12.9. The molecule has 3 rings (SSSR count). The quantitative estimate of drug-likeness (QED) is 0.705. The first kappa shape index (κ1) is 12.0. The molecule has 3 fully saturated rings. The van der Waals surface area contributed by atoms with Gasteiger partial charge in [0.1, 0.15) is 0 Å². The van der Waals surface area contributed by atoms with Gasteiger partial charge < -0.3 is 16.4 Å². The third kappa shape index (κ3) is 1.72. The van der Waals surface area contributed by atoms with Crippen molar-refractivity contribution in [3.8, 4) is 0 Å². The molecule has 0 aromatic heterocycles. The van der Waals surface area contributed by atoms with Crippen LogP contribution in [0.25, 0.3) is 0 Å². The first-order chi connectivity index (χ1) is 8.58. The minimum Gasteiger partial charge on any atom is -0.369 e. The summed E-state index contributed by atoms with van der Waals surface area (Å²) in [5, 5.41) is 0. The molecule has 1 heterocycles. The Morgan fingerprint density at radius 3 is 2.39 bits per heavy atom. The molecular formula is C13H21N3O2. The summed E-state index contributed by atoms with van der Waals surface area (Å²) in [5.74, 6) is 0.726. The van der Waals surface area contributed by atoms with Gasteiger partial charge in [-0.3, -0.25) is 9.59 Å². The van der Waals surface area contributed by atoms with Crippen molar-refractivity contribution >= 4 is 11.8 Å². The topological polar surface area (TPSA) is 89.4 Å². The Hall–Kier alpha value is -1.10. The normalized spacial score (nSPS) is 42.5. The van der Waals surface area contributed by atoms with Crippen LogP contribution in [0, 0.1) is 23.7 Å². The van der Waals surface area contributed by atoms with Gasteiger partial charge in [0.15, 0.2) is 0 Å². The summed E-state index contributed by atoms with van der Waals surface area (Å²) >= 11 is 0. The van der Waals surface area contributed by atoms with E-state index in [1.54, 1.807) is 4.90 Å². The number of fused-ring (bicyclic) bond motifs is 2. The summed E-state index contributed by atoms with van der Waals surface area (Å²) < 4.78 is 0. The summed E-state index contributed by atoms with van der Waals surface area (Å²) in [6.07, 6.45) is 4.14. The Morgan fingerprint density at radius 1 is 1.11 bits per heavy atom. The number of nitrogens with two attached hydrogens (primary N) is 2. The number of likely N-dealkylation sites (tertiary alicyclic amines) is 1. The van der Waals surface area contributed by atoms with Gasteiger partial charge in [-0.05, 0) is 37.5 Å². The first-order valence-electron chi connectivity index (χ1n) is 6.91. The van der Waals surface area contributed by atoms with Crippen molar-refractivity contribution < 1.29 is 9.59 Å². The van der Waals surface area contributed by atoms with Crippen LogP contribution in [0.3, 0.4) is 0 Å². The second kappa shape index (κ2) is 4.23. The molecule has 3 aliphatic rings. The maximum atomic E-state index is 12.5. The van der Waals surface area contributed by atoms with Crippen LogP contribution in [0.2, 0.25) is 0 Å². The van der Waals surface area contributed by atoms with Crippen LogP contribution in [-0.4, -0.2) is 35.8 Å². The highest BCUT2D eigenvalue weighted by Crippen LogP contribution is 2.48. The number of primary amides is 1. The van der Waals surface area contributed by atoms with Gasteiger partial charge in [0.25, 0.3) is 0 Å². The van der Waals surface area contributed by atoms with E-state index in [1.165, 1.54) is 6.42 Å². The monoisotopic (exact) mass is 251 g/mol. The van der Waals surface area contributed by atoms with Gasteiger partial charge >= 0.3 is 0 Å². The molecule has 0 radical (unpaired) electrons. The van der Waals surface area contributed by atoms with Crippen LogP contribution >= 0.6 is 0 Å². The largest absolute Gasteiger partial charge is 0.369 e. The SMILES string of the molecule is NC(=O)C1CCN(C(=O)C2C3CCC(C3)C2N)C1. The smallest absolute Gasteiger partial charge is 0.227 e. The summed E-state index contributed by atoms with van der Waals surface area (Å²) in [6, 6.07) is 0.0314. The zero-order valence-corrected chi connectivity index (χ0v) is 10.5. The Kier molecular flexibility index (Phi) is 2.81. The van der Waals surface area contributed by atoms with E-state index in [-0.39, 0.29) is 29.7 Å². The highest BCUT2D eigenvalue weighted by atomic mass is 16.2. The third-order valence-electron chi connectivity index (χ3n) is 5.17. The summed E-state index contributed by atoms with van der Waals surface area (Å²) in [6.45, 7) is 1.15. The highest BCUT2D eigenvalue weighted by Gasteiger charge is 2.50. The molecule has 4 N–H and O–H groups in total. The van der Waals surface area contributed by atoms with Crippen molar-refractivity contribution in [3.05, 3.63) is 0 Å². The molecule has 0 aromatic rings. The van der Waals surface area contributed by atoms with Gasteiger partial charge in [-0.15, -0.1) is 0 Å². The minimum absolute atomic E-state index is 0.00428. The second-order valence-electron chi connectivity index (χ2n) is 6.11.